The van der Waals surface area contributed by atoms with Crippen LogP contribution in [0.4, 0.5) is 5.69 Å². The summed E-state index contributed by atoms with van der Waals surface area (Å²) in [4.78, 5) is 13.1. The number of nitrogens with one attached hydrogen (secondary N) is 1. The number of amides is 1. The Hall–Kier alpha value is -2.04. The average Bonchev–Trinajstić information content (AvgIpc) is 2.17. The van der Waals surface area contributed by atoms with E-state index in [4.69, 9.17) is 0 Å². The van der Waals surface area contributed by atoms with Gasteiger partial charge in [-0.05, 0) is 12.1 Å². The van der Waals surface area contributed by atoms with Crippen molar-refractivity contribution in [1.29, 1.82) is 0 Å². The maximum Gasteiger partial charge on any atom is 0.275 e. The van der Waals surface area contributed by atoms with Gasteiger partial charge in [0.25, 0.3) is 5.91 Å². The van der Waals surface area contributed by atoms with E-state index >= 15 is 0 Å². The SMILES string of the molecule is C=NNC(=O)c1cccc(N(C)C)c1O. The Morgan fingerprint density at radius 1 is 1.53 bits per heavy atom. The molecule has 2 N–H and O–H groups in total. The van der Waals surface area contributed by atoms with Gasteiger partial charge in [-0.15, -0.1) is 0 Å². The molecular weight excluding hydrogens is 194 g/mol. The maximum atomic E-state index is 11.4. The molecule has 0 aliphatic rings. The van der Waals surface area contributed by atoms with Crippen molar-refractivity contribution in [1.82, 2.24) is 5.43 Å². The third-order valence-electron chi connectivity index (χ3n) is 1.92. The van der Waals surface area contributed by atoms with Crippen molar-refractivity contribution in [3.05, 3.63) is 23.8 Å². The number of aromatic hydroxyl groups is 1. The molecule has 0 aliphatic heterocycles. The highest BCUT2D eigenvalue weighted by Gasteiger charge is 2.14. The number of rotatable bonds is 3. The zero-order chi connectivity index (χ0) is 11.4. The summed E-state index contributed by atoms with van der Waals surface area (Å²) in [6, 6.07) is 4.92. The summed E-state index contributed by atoms with van der Waals surface area (Å²) in [5.74, 6) is -0.546. The second-order valence-electron chi connectivity index (χ2n) is 3.17. The van der Waals surface area contributed by atoms with Gasteiger partial charge in [0.15, 0.2) is 5.75 Å². The first-order valence-corrected chi connectivity index (χ1v) is 4.33. The molecule has 1 aromatic carbocycles. The molecule has 0 aromatic heterocycles. The van der Waals surface area contributed by atoms with Crippen LogP contribution in [0.2, 0.25) is 0 Å². The number of hydrazone groups is 1. The third-order valence-corrected chi connectivity index (χ3v) is 1.92. The van der Waals surface area contributed by atoms with Crippen molar-refractivity contribution in [2.75, 3.05) is 19.0 Å². The van der Waals surface area contributed by atoms with Gasteiger partial charge >= 0.3 is 0 Å². The Balaban J connectivity index is 3.14. The van der Waals surface area contributed by atoms with Gasteiger partial charge in [0.05, 0.1) is 11.3 Å². The second-order valence-corrected chi connectivity index (χ2v) is 3.17. The highest BCUT2D eigenvalue weighted by molar-refractivity contribution is 5.98. The molecule has 0 aliphatic carbocycles. The predicted octanol–water partition coefficient (Wildman–Crippen LogP) is 0.804. The fraction of sp³-hybridized carbons (Fsp3) is 0.200. The quantitative estimate of drug-likeness (QED) is 0.569. The minimum atomic E-state index is -0.480. The summed E-state index contributed by atoms with van der Waals surface area (Å²) in [7, 11) is 3.56. The largest absolute Gasteiger partial charge is 0.505 e. The molecular formula is C10H13N3O2. The van der Waals surface area contributed by atoms with E-state index in [9.17, 15) is 9.90 Å². The van der Waals surface area contributed by atoms with Crippen LogP contribution in [0.1, 0.15) is 10.4 Å². The number of phenols is 1. The minimum Gasteiger partial charge on any atom is -0.505 e. The van der Waals surface area contributed by atoms with Crippen molar-refractivity contribution in [3.63, 3.8) is 0 Å². The number of benzene rings is 1. The molecule has 0 spiro atoms. The fourth-order valence-electron chi connectivity index (χ4n) is 1.21. The summed E-state index contributed by atoms with van der Waals surface area (Å²) in [5, 5.41) is 13.0. The summed E-state index contributed by atoms with van der Waals surface area (Å²) in [6.45, 7) is 3.14. The highest BCUT2D eigenvalue weighted by atomic mass is 16.3. The van der Waals surface area contributed by atoms with Crippen LogP contribution in [0.25, 0.3) is 0 Å². The first-order chi connectivity index (χ1) is 7.07. The number of hydrogen-bond acceptors (Lipinski definition) is 4. The first kappa shape index (κ1) is 11.0. The lowest BCUT2D eigenvalue weighted by molar-refractivity contribution is 0.0953. The standard InChI is InChI=1S/C10H13N3O2/c1-11-12-10(15)7-5-4-6-8(9(7)14)13(2)3/h4-6,14H,1H2,2-3H3,(H,12,15). The van der Waals surface area contributed by atoms with Crippen molar-refractivity contribution < 1.29 is 9.90 Å². The third kappa shape index (κ3) is 2.25. The van der Waals surface area contributed by atoms with E-state index < -0.39 is 5.91 Å². The van der Waals surface area contributed by atoms with E-state index in [1.807, 2.05) is 0 Å². The number of anilines is 1. The molecule has 5 nitrogen and oxygen atoms in total. The Morgan fingerprint density at radius 3 is 2.73 bits per heavy atom. The van der Waals surface area contributed by atoms with Gasteiger partial charge in [0.2, 0.25) is 0 Å². The topological polar surface area (TPSA) is 64.9 Å². The van der Waals surface area contributed by atoms with Crippen LogP contribution in [0.5, 0.6) is 5.75 Å². The Bertz CT molecular complexity index is 388. The van der Waals surface area contributed by atoms with Crippen LogP contribution in [0, 0.1) is 0 Å². The molecule has 5 heteroatoms. The average molecular weight is 207 g/mol. The van der Waals surface area contributed by atoms with Gasteiger partial charge in [-0.1, -0.05) is 6.07 Å². The molecule has 80 valence electrons. The van der Waals surface area contributed by atoms with Crippen molar-refractivity contribution in [2.24, 2.45) is 5.10 Å². The maximum absolute atomic E-state index is 11.4. The second kappa shape index (κ2) is 4.45. The summed E-state index contributed by atoms with van der Waals surface area (Å²) in [5.41, 5.74) is 2.92. The molecule has 1 aromatic rings. The number of carbonyl (C=O) groups is 1. The number of para-hydroxylation sites is 1. The molecule has 0 saturated carbocycles. The van der Waals surface area contributed by atoms with Crippen LogP contribution < -0.4 is 10.3 Å². The van der Waals surface area contributed by atoms with Crippen LogP contribution in [-0.4, -0.2) is 31.8 Å². The van der Waals surface area contributed by atoms with Crippen LogP contribution in [-0.2, 0) is 0 Å². The first-order valence-electron chi connectivity index (χ1n) is 4.33. The lowest BCUT2D eigenvalue weighted by Gasteiger charge is -2.15. The predicted molar refractivity (Wildman–Crippen MR) is 59.4 cm³/mol. The molecule has 0 heterocycles. The van der Waals surface area contributed by atoms with Crippen molar-refractivity contribution in [2.45, 2.75) is 0 Å². The minimum absolute atomic E-state index is 0.0661. The van der Waals surface area contributed by atoms with E-state index in [0.717, 1.165) is 0 Å². The number of nitrogens with zero attached hydrogens (tertiary/aromatic N) is 2. The van der Waals surface area contributed by atoms with E-state index in [1.165, 1.54) is 6.07 Å². The van der Waals surface area contributed by atoms with Crippen LogP contribution >= 0.6 is 0 Å². The lowest BCUT2D eigenvalue weighted by atomic mass is 10.1. The molecule has 0 atom stereocenters. The molecule has 0 radical (unpaired) electrons. The molecule has 1 amide bonds. The zero-order valence-electron chi connectivity index (χ0n) is 8.69. The zero-order valence-corrected chi connectivity index (χ0v) is 8.69. The van der Waals surface area contributed by atoms with Gasteiger partial charge in [0, 0.05) is 20.8 Å². The van der Waals surface area contributed by atoms with Crippen molar-refractivity contribution >= 4 is 18.3 Å². The van der Waals surface area contributed by atoms with Gasteiger partial charge in [-0.3, -0.25) is 4.79 Å². The van der Waals surface area contributed by atoms with Gasteiger partial charge in [0.1, 0.15) is 0 Å². The van der Waals surface area contributed by atoms with Crippen LogP contribution in [0.15, 0.2) is 23.3 Å². The summed E-state index contributed by atoms with van der Waals surface area (Å²) >= 11 is 0. The van der Waals surface area contributed by atoms with Gasteiger partial charge < -0.3 is 10.0 Å². The number of hydrogen-bond donors (Lipinski definition) is 2. The van der Waals surface area contributed by atoms with E-state index in [2.05, 4.69) is 17.2 Å². The summed E-state index contributed by atoms with van der Waals surface area (Å²) in [6.07, 6.45) is 0. The monoisotopic (exact) mass is 207 g/mol. The summed E-state index contributed by atoms with van der Waals surface area (Å²) < 4.78 is 0. The van der Waals surface area contributed by atoms with E-state index in [1.54, 1.807) is 31.1 Å². The smallest absolute Gasteiger partial charge is 0.275 e. The molecule has 15 heavy (non-hydrogen) atoms. The molecule has 1 rings (SSSR count). The normalized spacial score (nSPS) is 9.47. The van der Waals surface area contributed by atoms with Crippen molar-refractivity contribution in [3.8, 4) is 5.75 Å². The lowest BCUT2D eigenvalue weighted by Crippen LogP contribution is -2.18. The van der Waals surface area contributed by atoms with E-state index in [-0.39, 0.29) is 11.3 Å². The molecule has 0 fully saturated rings. The Kier molecular flexibility index (Phi) is 3.28. The van der Waals surface area contributed by atoms with Crippen LogP contribution in [0.3, 0.4) is 0 Å². The van der Waals surface area contributed by atoms with E-state index in [0.29, 0.717) is 5.69 Å². The number of carbonyl (C=O) groups excluding carboxylic acids is 1. The molecule has 0 saturated heterocycles. The Morgan fingerprint density at radius 2 is 2.20 bits per heavy atom. The number of phenolic OH excluding ortho intramolecular Hbond substituents is 1. The fourth-order valence-corrected chi connectivity index (χ4v) is 1.21. The molecule has 0 bridgehead atoms. The highest BCUT2D eigenvalue weighted by Crippen LogP contribution is 2.29. The van der Waals surface area contributed by atoms with Gasteiger partial charge in [-0.2, -0.15) is 5.10 Å². The molecule has 0 unspecified atom stereocenters. The van der Waals surface area contributed by atoms with Gasteiger partial charge in [-0.25, -0.2) is 5.43 Å². The Labute approximate surface area is 88.0 Å².